The number of nitrogens with zero attached hydrogens (tertiary/aromatic N) is 4. The largest absolute Gasteiger partial charge is 0.355 e. The molecule has 4 aromatic rings. The van der Waals surface area contributed by atoms with E-state index in [1.807, 2.05) is 0 Å². The number of amides is 2. The van der Waals surface area contributed by atoms with Gasteiger partial charge in [0.2, 0.25) is 5.91 Å². The minimum Gasteiger partial charge on any atom is -0.355 e. The van der Waals surface area contributed by atoms with E-state index >= 15 is 0 Å². The molecule has 208 valence electrons. The Labute approximate surface area is 233 Å². The number of carbonyl (C=O) groups is 2. The summed E-state index contributed by atoms with van der Waals surface area (Å²) in [4.78, 5) is 30.1. The summed E-state index contributed by atoms with van der Waals surface area (Å²) < 4.78 is 44.1. The van der Waals surface area contributed by atoms with Crippen molar-refractivity contribution in [2.24, 2.45) is 0 Å². The summed E-state index contributed by atoms with van der Waals surface area (Å²) in [6.07, 6.45) is 3.78. The van der Waals surface area contributed by atoms with Crippen LogP contribution in [0.3, 0.4) is 0 Å². The highest BCUT2D eigenvalue weighted by molar-refractivity contribution is 5.95. The van der Waals surface area contributed by atoms with E-state index in [-0.39, 0.29) is 24.1 Å². The lowest BCUT2D eigenvalue weighted by atomic mass is 9.94. The Balaban J connectivity index is 1.52. The summed E-state index contributed by atoms with van der Waals surface area (Å²) in [7, 11) is 1.39. The molecule has 11 heteroatoms. The normalized spacial score (nSPS) is 12.9. The molecule has 0 radical (unpaired) electrons. The molecule has 2 N–H and O–H groups in total. The molecule has 1 aliphatic rings. The van der Waals surface area contributed by atoms with Crippen molar-refractivity contribution in [2.75, 3.05) is 7.05 Å². The molecule has 5 rings (SSSR count). The van der Waals surface area contributed by atoms with Crippen molar-refractivity contribution in [3.8, 4) is 17.2 Å². The van der Waals surface area contributed by atoms with Crippen LogP contribution in [0.2, 0.25) is 0 Å². The fraction of sp³-hybridized carbons (Fsp3) is 0.233. The predicted octanol–water partition coefficient (Wildman–Crippen LogP) is 4.18. The van der Waals surface area contributed by atoms with Crippen LogP contribution in [0.4, 0.5) is 13.2 Å². The van der Waals surface area contributed by atoms with Gasteiger partial charge in [0.25, 0.3) is 5.91 Å². The van der Waals surface area contributed by atoms with Crippen LogP contribution in [0.25, 0.3) is 11.1 Å². The Morgan fingerprint density at radius 1 is 1.10 bits per heavy atom. The van der Waals surface area contributed by atoms with Crippen molar-refractivity contribution in [1.82, 2.24) is 25.4 Å². The third-order valence-electron chi connectivity index (χ3n) is 7.02. The minimum atomic E-state index is -0.868. The van der Waals surface area contributed by atoms with Crippen LogP contribution in [0.15, 0.2) is 54.7 Å². The number of hydrogen-bond donors (Lipinski definition) is 2. The minimum absolute atomic E-state index is 0.0193. The molecule has 41 heavy (non-hydrogen) atoms. The smallest absolute Gasteiger partial charge is 0.254 e. The van der Waals surface area contributed by atoms with Gasteiger partial charge in [0, 0.05) is 36.1 Å². The number of pyridine rings is 1. The molecule has 2 aromatic carbocycles. The van der Waals surface area contributed by atoms with E-state index in [0.29, 0.717) is 28.9 Å². The van der Waals surface area contributed by atoms with E-state index in [4.69, 9.17) is 0 Å². The second kappa shape index (κ2) is 11.6. The summed E-state index contributed by atoms with van der Waals surface area (Å²) in [5.41, 5.74) is 3.40. The average Bonchev–Trinajstić information content (AvgIpc) is 3.56. The monoisotopic (exact) mass is 558 g/mol. The fourth-order valence-corrected chi connectivity index (χ4v) is 5.23. The van der Waals surface area contributed by atoms with Crippen LogP contribution in [0.5, 0.6) is 0 Å². The quantitative estimate of drug-likeness (QED) is 0.337. The third-order valence-corrected chi connectivity index (χ3v) is 7.02. The van der Waals surface area contributed by atoms with Crippen molar-refractivity contribution in [1.29, 1.82) is 5.26 Å². The van der Waals surface area contributed by atoms with E-state index in [2.05, 4.69) is 26.8 Å². The lowest BCUT2D eigenvalue weighted by Gasteiger charge is -2.22. The molecule has 0 bridgehead atoms. The van der Waals surface area contributed by atoms with Crippen molar-refractivity contribution in [2.45, 2.75) is 38.3 Å². The molecule has 2 heterocycles. The van der Waals surface area contributed by atoms with Crippen LogP contribution in [0, 0.1) is 28.8 Å². The lowest BCUT2D eigenvalue weighted by Crippen LogP contribution is -2.34. The van der Waals surface area contributed by atoms with Crippen LogP contribution in [-0.4, -0.2) is 33.6 Å². The van der Waals surface area contributed by atoms with Crippen molar-refractivity contribution in [3.63, 3.8) is 0 Å². The first kappa shape index (κ1) is 27.6. The summed E-state index contributed by atoms with van der Waals surface area (Å²) in [6.45, 7) is -0.169. The molecule has 2 aromatic heterocycles. The highest BCUT2D eigenvalue weighted by Gasteiger charge is 2.26. The number of halogens is 3. The average molecular weight is 559 g/mol. The van der Waals surface area contributed by atoms with Gasteiger partial charge >= 0.3 is 0 Å². The second-order valence-electron chi connectivity index (χ2n) is 9.71. The Kier molecular flexibility index (Phi) is 7.83. The number of rotatable bonds is 8. The van der Waals surface area contributed by atoms with Crippen LogP contribution >= 0.6 is 0 Å². The van der Waals surface area contributed by atoms with E-state index in [9.17, 15) is 28.0 Å². The molecule has 0 aliphatic heterocycles. The molecule has 8 nitrogen and oxygen atoms in total. The van der Waals surface area contributed by atoms with Gasteiger partial charge < -0.3 is 10.6 Å². The van der Waals surface area contributed by atoms with Gasteiger partial charge in [-0.05, 0) is 67.1 Å². The molecule has 0 unspecified atom stereocenters. The maximum atomic E-state index is 14.4. The zero-order valence-electron chi connectivity index (χ0n) is 22.0. The van der Waals surface area contributed by atoms with E-state index in [1.54, 1.807) is 12.1 Å². The maximum absolute atomic E-state index is 14.4. The van der Waals surface area contributed by atoms with Gasteiger partial charge in [-0.25, -0.2) is 13.2 Å². The molecule has 0 spiro atoms. The van der Waals surface area contributed by atoms with Gasteiger partial charge in [-0.15, -0.1) is 0 Å². The highest BCUT2D eigenvalue weighted by atomic mass is 19.1. The maximum Gasteiger partial charge on any atom is 0.254 e. The van der Waals surface area contributed by atoms with Crippen molar-refractivity contribution < 1.29 is 22.8 Å². The van der Waals surface area contributed by atoms with E-state index < -0.39 is 35.3 Å². The van der Waals surface area contributed by atoms with Gasteiger partial charge in [-0.1, -0.05) is 12.1 Å². The molecular weight excluding hydrogens is 533 g/mol. The summed E-state index contributed by atoms with van der Waals surface area (Å²) in [5.74, 6) is -3.30. The Morgan fingerprint density at radius 2 is 1.88 bits per heavy atom. The molecule has 1 atom stereocenters. The number of aromatic nitrogens is 3. The highest BCUT2D eigenvalue weighted by Crippen LogP contribution is 2.31. The summed E-state index contributed by atoms with van der Waals surface area (Å²) in [6, 6.07) is 11.7. The van der Waals surface area contributed by atoms with E-state index in [0.717, 1.165) is 36.2 Å². The standard InChI is InChI=1S/C30H25F3N6O2/c1-35-30(41)23-13-18(7-8-24(23)33)21-5-3-9-36-29(21)25(12-17-10-19(31)14-20(32)11-17)37-28(40)16-39-27-6-2-4-22(27)26(15-34)38-39/h3,5,7-11,13-14,25H,2,4,6,12,16H2,1H3,(H,35,41)(H,37,40)/t25-/m0/s1. The SMILES string of the molecule is CNC(=O)c1cc(-c2cccnc2[C@H](Cc2cc(F)cc(F)c2)NC(=O)Cn2nc(C#N)c3c2CCC3)ccc1F. The first-order valence-corrected chi connectivity index (χ1v) is 13.0. The van der Waals surface area contributed by atoms with Crippen molar-refractivity contribution in [3.05, 3.63) is 106 Å². The second-order valence-corrected chi connectivity index (χ2v) is 9.71. The molecule has 0 fully saturated rings. The fourth-order valence-electron chi connectivity index (χ4n) is 5.23. The molecule has 2 amide bonds. The molecule has 0 saturated heterocycles. The van der Waals surface area contributed by atoms with Gasteiger partial charge in [0.05, 0.1) is 17.3 Å². The number of nitriles is 1. The third kappa shape index (κ3) is 5.82. The topological polar surface area (TPSA) is 113 Å². The van der Waals surface area contributed by atoms with E-state index in [1.165, 1.54) is 42.2 Å². The van der Waals surface area contributed by atoms with Gasteiger partial charge in [-0.3, -0.25) is 19.3 Å². The Hall–Kier alpha value is -4.98. The Bertz CT molecular complexity index is 1670. The Morgan fingerprint density at radius 3 is 2.61 bits per heavy atom. The zero-order valence-corrected chi connectivity index (χ0v) is 22.0. The predicted molar refractivity (Wildman–Crippen MR) is 143 cm³/mol. The lowest BCUT2D eigenvalue weighted by molar-refractivity contribution is -0.122. The van der Waals surface area contributed by atoms with Gasteiger partial charge in [0.15, 0.2) is 5.69 Å². The molecule has 1 aliphatic carbocycles. The number of carbonyl (C=O) groups excluding carboxylic acids is 2. The van der Waals surface area contributed by atoms with Crippen LogP contribution in [-0.2, 0) is 30.6 Å². The number of benzene rings is 2. The summed E-state index contributed by atoms with van der Waals surface area (Å²) >= 11 is 0. The molecular formula is C30H25F3N6O2. The van der Waals surface area contributed by atoms with Crippen molar-refractivity contribution >= 4 is 11.8 Å². The number of nitrogens with one attached hydrogen (secondary N) is 2. The first-order chi connectivity index (χ1) is 19.8. The van der Waals surface area contributed by atoms with Crippen LogP contribution in [0.1, 0.15) is 51.0 Å². The summed E-state index contributed by atoms with van der Waals surface area (Å²) in [5, 5.41) is 19.0. The first-order valence-electron chi connectivity index (χ1n) is 13.0. The zero-order chi connectivity index (χ0) is 29.1. The van der Waals surface area contributed by atoms with Gasteiger partial charge in [-0.2, -0.15) is 10.4 Å². The molecule has 0 saturated carbocycles. The van der Waals surface area contributed by atoms with Crippen LogP contribution < -0.4 is 10.6 Å². The van der Waals surface area contributed by atoms with Gasteiger partial charge in [0.1, 0.15) is 30.1 Å². The number of fused-ring (bicyclic) bond motifs is 1. The number of hydrogen-bond acceptors (Lipinski definition) is 5.